The first-order valence-electron chi connectivity index (χ1n) is 8.04. The van der Waals surface area contributed by atoms with Gasteiger partial charge in [0.15, 0.2) is 0 Å². The van der Waals surface area contributed by atoms with Gasteiger partial charge in [-0.3, -0.25) is 4.79 Å². The molecule has 0 fully saturated rings. The van der Waals surface area contributed by atoms with Gasteiger partial charge >= 0.3 is 5.97 Å². The van der Waals surface area contributed by atoms with Crippen molar-refractivity contribution in [3.05, 3.63) is 83.1 Å². The number of carbonyl (C=O) groups excluding carboxylic acids is 2. The predicted octanol–water partition coefficient (Wildman–Crippen LogP) is 4.52. The third kappa shape index (κ3) is 4.62. The number of carbonyl (C=O) groups is 2. The van der Waals surface area contributed by atoms with Crippen LogP contribution in [-0.2, 0) is 4.74 Å². The molecule has 3 aromatic rings. The zero-order valence-corrected chi connectivity index (χ0v) is 15.2. The van der Waals surface area contributed by atoms with Crippen molar-refractivity contribution in [2.24, 2.45) is 0 Å². The van der Waals surface area contributed by atoms with Crippen LogP contribution in [-0.4, -0.2) is 24.0 Å². The zero-order chi connectivity index (χ0) is 19.2. The molecule has 1 amide bonds. The highest BCUT2D eigenvalue weighted by Gasteiger charge is 2.12. The van der Waals surface area contributed by atoms with Crippen molar-refractivity contribution in [2.45, 2.75) is 0 Å². The Morgan fingerprint density at radius 1 is 0.963 bits per heavy atom. The van der Waals surface area contributed by atoms with Crippen LogP contribution in [0.5, 0.6) is 0 Å². The van der Waals surface area contributed by atoms with Gasteiger partial charge in [-0.1, -0.05) is 23.7 Å². The van der Waals surface area contributed by atoms with Crippen LogP contribution in [0.15, 0.2) is 66.9 Å². The van der Waals surface area contributed by atoms with E-state index in [1.54, 1.807) is 60.7 Å². The fourth-order valence-corrected chi connectivity index (χ4v) is 2.49. The molecule has 0 aliphatic heterocycles. The van der Waals surface area contributed by atoms with E-state index in [0.29, 0.717) is 27.6 Å². The number of benzene rings is 2. The van der Waals surface area contributed by atoms with Gasteiger partial charge in [0.25, 0.3) is 5.91 Å². The normalized spacial score (nSPS) is 10.1. The average molecular weight is 382 g/mol. The van der Waals surface area contributed by atoms with Crippen LogP contribution in [0, 0.1) is 0 Å². The molecule has 0 saturated heterocycles. The molecule has 27 heavy (non-hydrogen) atoms. The van der Waals surface area contributed by atoms with Gasteiger partial charge in [0.1, 0.15) is 5.69 Å². The lowest BCUT2D eigenvalue weighted by atomic mass is 10.1. The molecule has 0 atom stereocenters. The van der Waals surface area contributed by atoms with Crippen LogP contribution in [0.1, 0.15) is 20.8 Å². The van der Waals surface area contributed by atoms with Gasteiger partial charge in [-0.05, 0) is 48.5 Å². The minimum Gasteiger partial charge on any atom is -0.465 e. The summed E-state index contributed by atoms with van der Waals surface area (Å²) in [7, 11) is 1.33. The van der Waals surface area contributed by atoms with Crippen LogP contribution >= 0.6 is 11.6 Å². The second kappa shape index (κ2) is 8.33. The van der Waals surface area contributed by atoms with Crippen molar-refractivity contribution in [2.75, 3.05) is 17.7 Å². The summed E-state index contributed by atoms with van der Waals surface area (Å²) in [6.07, 6.45) is 1.52. The molecule has 6 nitrogen and oxygen atoms in total. The number of amides is 1. The molecular formula is C20H16ClN3O3. The van der Waals surface area contributed by atoms with Gasteiger partial charge in [0, 0.05) is 10.7 Å². The maximum atomic E-state index is 12.3. The molecule has 2 aromatic carbocycles. The van der Waals surface area contributed by atoms with Crippen molar-refractivity contribution < 1.29 is 14.3 Å². The van der Waals surface area contributed by atoms with Crippen molar-refractivity contribution in [3.63, 3.8) is 0 Å². The molecule has 136 valence electrons. The predicted molar refractivity (Wildman–Crippen MR) is 105 cm³/mol. The number of nitrogens with zero attached hydrogens (tertiary/aromatic N) is 1. The quantitative estimate of drug-likeness (QED) is 0.635. The minimum atomic E-state index is -0.440. The van der Waals surface area contributed by atoms with E-state index in [1.165, 1.54) is 13.3 Å². The zero-order valence-electron chi connectivity index (χ0n) is 14.4. The fraction of sp³-hybridized carbons (Fsp3) is 0.0500. The number of para-hydroxylation sites is 1. The summed E-state index contributed by atoms with van der Waals surface area (Å²) < 4.78 is 4.77. The van der Waals surface area contributed by atoms with Crippen molar-refractivity contribution >= 4 is 40.5 Å². The molecule has 0 saturated carbocycles. The summed E-state index contributed by atoms with van der Waals surface area (Å²) in [5.41, 5.74) is 2.51. The standard InChI is InChI=1S/C20H16ClN3O3/c1-27-20(26)16-4-2-3-5-17(16)23-15-10-11-18(22-12-15)19(25)24-14-8-6-13(21)7-9-14/h2-12,23H,1H3,(H,24,25). The molecule has 0 aliphatic rings. The Bertz CT molecular complexity index is 957. The van der Waals surface area contributed by atoms with E-state index in [2.05, 4.69) is 15.6 Å². The molecule has 3 rings (SSSR count). The van der Waals surface area contributed by atoms with E-state index in [1.807, 2.05) is 0 Å². The minimum absolute atomic E-state index is 0.261. The lowest BCUT2D eigenvalue weighted by Gasteiger charge is -2.11. The van der Waals surface area contributed by atoms with Crippen LogP contribution in [0.25, 0.3) is 0 Å². The Morgan fingerprint density at radius 2 is 1.67 bits per heavy atom. The maximum absolute atomic E-state index is 12.3. The highest BCUT2D eigenvalue weighted by atomic mass is 35.5. The first-order valence-corrected chi connectivity index (χ1v) is 8.42. The topological polar surface area (TPSA) is 80.3 Å². The average Bonchev–Trinajstić information content (AvgIpc) is 2.70. The van der Waals surface area contributed by atoms with E-state index >= 15 is 0 Å². The highest BCUT2D eigenvalue weighted by Crippen LogP contribution is 2.21. The summed E-state index contributed by atoms with van der Waals surface area (Å²) >= 11 is 5.83. The summed E-state index contributed by atoms with van der Waals surface area (Å²) in [6, 6.07) is 17.1. The van der Waals surface area contributed by atoms with E-state index < -0.39 is 5.97 Å². The second-order valence-electron chi connectivity index (χ2n) is 5.56. The Morgan fingerprint density at radius 3 is 2.33 bits per heavy atom. The molecular weight excluding hydrogens is 366 g/mol. The number of hydrogen-bond donors (Lipinski definition) is 2. The monoisotopic (exact) mass is 381 g/mol. The second-order valence-corrected chi connectivity index (χ2v) is 5.99. The molecule has 0 bridgehead atoms. The Labute approximate surface area is 161 Å². The van der Waals surface area contributed by atoms with Gasteiger partial charge in [-0.2, -0.15) is 0 Å². The fourth-order valence-electron chi connectivity index (χ4n) is 2.37. The Hall–Kier alpha value is -3.38. The van der Waals surface area contributed by atoms with Crippen molar-refractivity contribution in [3.8, 4) is 0 Å². The Kier molecular flexibility index (Phi) is 5.68. The number of aromatic nitrogens is 1. The number of pyridine rings is 1. The summed E-state index contributed by atoms with van der Waals surface area (Å²) in [5, 5.41) is 6.44. The number of methoxy groups -OCH3 is 1. The number of ether oxygens (including phenoxy) is 1. The van der Waals surface area contributed by atoms with Gasteiger partial charge in [0.2, 0.25) is 0 Å². The van der Waals surface area contributed by atoms with Crippen LogP contribution in [0.3, 0.4) is 0 Å². The van der Waals surface area contributed by atoms with Crippen LogP contribution in [0.2, 0.25) is 5.02 Å². The highest BCUT2D eigenvalue weighted by molar-refractivity contribution is 6.30. The van der Waals surface area contributed by atoms with E-state index in [9.17, 15) is 9.59 Å². The molecule has 7 heteroatoms. The third-order valence-corrected chi connectivity index (χ3v) is 3.96. The molecule has 1 aromatic heterocycles. The van der Waals surface area contributed by atoms with E-state index in [-0.39, 0.29) is 11.6 Å². The molecule has 1 heterocycles. The molecule has 2 N–H and O–H groups in total. The van der Waals surface area contributed by atoms with Gasteiger partial charge in [-0.15, -0.1) is 0 Å². The van der Waals surface area contributed by atoms with E-state index in [4.69, 9.17) is 16.3 Å². The van der Waals surface area contributed by atoms with Gasteiger partial charge in [0.05, 0.1) is 30.2 Å². The summed E-state index contributed by atoms with van der Waals surface area (Å²) in [5.74, 6) is -0.774. The van der Waals surface area contributed by atoms with Crippen molar-refractivity contribution in [1.29, 1.82) is 0 Å². The molecule has 0 spiro atoms. The van der Waals surface area contributed by atoms with E-state index in [0.717, 1.165) is 0 Å². The largest absolute Gasteiger partial charge is 0.465 e. The number of anilines is 3. The van der Waals surface area contributed by atoms with Crippen LogP contribution < -0.4 is 10.6 Å². The number of rotatable bonds is 5. The van der Waals surface area contributed by atoms with Crippen molar-refractivity contribution in [1.82, 2.24) is 4.98 Å². The first-order chi connectivity index (χ1) is 13.1. The maximum Gasteiger partial charge on any atom is 0.339 e. The molecule has 0 aliphatic carbocycles. The number of esters is 1. The number of nitrogens with one attached hydrogen (secondary N) is 2. The smallest absolute Gasteiger partial charge is 0.339 e. The Balaban J connectivity index is 1.71. The SMILES string of the molecule is COC(=O)c1ccccc1Nc1ccc(C(=O)Nc2ccc(Cl)cc2)nc1. The molecule has 0 unspecified atom stereocenters. The lowest BCUT2D eigenvalue weighted by Crippen LogP contribution is -2.13. The lowest BCUT2D eigenvalue weighted by molar-refractivity contribution is 0.0601. The van der Waals surface area contributed by atoms with Crippen LogP contribution in [0.4, 0.5) is 17.1 Å². The summed E-state index contributed by atoms with van der Waals surface area (Å²) in [4.78, 5) is 28.3. The molecule has 0 radical (unpaired) electrons. The number of hydrogen-bond acceptors (Lipinski definition) is 5. The number of halogens is 1. The van der Waals surface area contributed by atoms with Gasteiger partial charge in [-0.25, -0.2) is 9.78 Å². The first kappa shape index (κ1) is 18.4. The van der Waals surface area contributed by atoms with Gasteiger partial charge < -0.3 is 15.4 Å². The third-order valence-electron chi connectivity index (χ3n) is 3.71. The summed E-state index contributed by atoms with van der Waals surface area (Å²) in [6.45, 7) is 0.